The van der Waals surface area contributed by atoms with Crippen LogP contribution in [0.15, 0.2) is 11.5 Å². The van der Waals surface area contributed by atoms with E-state index in [4.69, 9.17) is 9.94 Å². The van der Waals surface area contributed by atoms with Crippen LogP contribution in [-0.2, 0) is 9.63 Å². The Labute approximate surface area is 93.7 Å². The van der Waals surface area contributed by atoms with Crippen LogP contribution in [-0.4, -0.2) is 51.5 Å². The molecule has 0 amide bonds. The zero-order valence-corrected chi connectivity index (χ0v) is 9.43. The van der Waals surface area contributed by atoms with E-state index >= 15 is 0 Å². The molecule has 1 unspecified atom stereocenters. The molecule has 0 bridgehead atoms. The van der Waals surface area contributed by atoms with Crippen LogP contribution < -0.4 is 0 Å². The molecule has 0 saturated heterocycles. The first kappa shape index (κ1) is 13.0. The average Bonchev–Trinajstić information content (AvgIpc) is 2.42. The summed E-state index contributed by atoms with van der Waals surface area (Å²) in [6, 6.07) is 0. The highest BCUT2D eigenvalue weighted by molar-refractivity contribution is 6.02. The van der Waals surface area contributed by atoms with Crippen molar-refractivity contribution in [2.75, 3.05) is 19.8 Å². The Bertz CT molecular complexity index is 304. The zero-order valence-electron chi connectivity index (χ0n) is 9.43. The number of aliphatic hydroxyl groups is 3. The molecule has 0 aromatic rings. The molecule has 0 aromatic carbocycles. The van der Waals surface area contributed by atoms with Crippen molar-refractivity contribution in [3.05, 3.63) is 11.5 Å². The number of ketones is 1. The van der Waals surface area contributed by atoms with Gasteiger partial charge in [-0.3, -0.25) is 14.7 Å². The zero-order chi connectivity index (χ0) is 12.3. The molecule has 3 N–H and O–H groups in total. The van der Waals surface area contributed by atoms with E-state index in [2.05, 4.69) is 0 Å². The summed E-state index contributed by atoms with van der Waals surface area (Å²) in [6.45, 7) is 3.38. The third-order valence-corrected chi connectivity index (χ3v) is 2.38. The summed E-state index contributed by atoms with van der Waals surface area (Å²) in [6.07, 6.45) is -0.0162. The highest BCUT2D eigenvalue weighted by atomic mass is 16.7. The number of Topliss-reactive ketones (excluding diaryl/α,β-unsaturated/α-hetero) is 1. The number of hydroxylamine groups is 2. The molecule has 0 heterocycles. The molecule has 0 fully saturated rings. The van der Waals surface area contributed by atoms with Crippen molar-refractivity contribution in [1.82, 2.24) is 5.06 Å². The van der Waals surface area contributed by atoms with Crippen molar-refractivity contribution in [2.24, 2.45) is 0 Å². The van der Waals surface area contributed by atoms with Gasteiger partial charge in [0.05, 0.1) is 25.5 Å². The van der Waals surface area contributed by atoms with E-state index in [1.54, 1.807) is 6.92 Å². The first-order valence-corrected chi connectivity index (χ1v) is 5.14. The number of aliphatic hydroxyl groups excluding tert-OH is 2. The molecule has 16 heavy (non-hydrogen) atoms. The highest BCUT2D eigenvalue weighted by Gasteiger charge is 2.44. The SMILES string of the molecule is CCON(CCO)C1=C(O)C(=O)C(C)(O)C1. The molecule has 6 nitrogen and oxygen atoms in total. The fourth-order valence-corrected chi connectivity index (χ4v) is 1.61. The normalized spacial score (nSPS) is 25.4. The van der Waals surface area contributed by atoms with Crippen LogP contribution in [0, 0.1) is 0 Å². The molecule has 0 saturated carbocycles. The van der Waals surface area contributed by atoms with Crippen LogP contribution in [0.25, 0.3) is 0 Å². The van der Waals surface area contributed by atoms with Gasteiger partial charge in [0.1, 0.15) is 5.60 Å². The van der Waals surface area contributed by atoms with Gasteiger partial charge in [0.25, 0.3) is 0 Å². The van der Waals surface area contributed by atoms with Gasteiger partial charge in [0, 0.05) is 6.42 Å². The van der Waals surface area contributed by atoms with E-state index < -0.39 is 17.1 Å². The number of carbonyl (C=O) groups excluding carboxylic acids is 1. The number of rotatable bonds is 5. The second-order valence-corrected chi connectivity index (χ2v) is 3.82. The summed E-state index contributed by atoms with van der Waals surface area (Å²) in [4.78, 5) is 16.6. The van der Waals surface area contributed by atoms with Crippen molar-refractivity contribution in [2.45, 2.75) is 25.9 Å². The molecule has 0 aromatic heterocycles. The molecule has 0 radical (unpaired) electrons. The van der Waals surface area contributed by atoms with Gasteiger partial charge >= 0.3 is 0 Å². The predicted octanol–water partition coefficient (Wildman–Crippen LogP) is -0.274. The topological polar surface area (TPSA) is 90.2 Å². The maximum absolute atomic E-state index is 11.4. The minimum Gasteiger partial charge on any atom is -0.503 e. The number of hydrogen-bond donors (Lipinski definition) is 3. The smallest absolute Gasteiger partial charge is 0.230 e. The number of hydrogen-bond acceptors (Lipinski definition) is 6. The maximum atomic E-state index is 11.4. The number of carbonyl (C=O) groups is 1. The van der Waals surface area contributed by atoms with Gasteiger partial charge in [-0.1, -0.05) is 0 Å². The van der Waals surface area contributed by atoms with Crippen molar-refractivity contribution in [3.8, 4) is 0 Å². The van der Waals surface area contributed by atoms with Gasteiger partial charge in [0.15, 0.2) is 5.76 Å². The number of nitrogens with zero attached hydrogens (tertiary/aromatic N) is 1. The minimum absolute atomic E-state index is 0.0162. The second-order valence-electron chi connectivity index (χ2n) is 3.82. The fraction of sp³-hybridized carbons (Fsp3) is 0.700. The first-order chi connectivity index (χ1) is 7.44. The molecule has 0 aliphatic heterocycles. The lowest BCUT2D eigenvalue weighted by molar-refractivity contribution is -0.138. The van der Waals surface area contributed by atoms with Crippen LogP contribution >= 0.6 is 0 Å². The van der Waals surface area contributed by atoms with E-state index in [1.165, 1.54) is 12.0 Å². The van der Waals surface area contributed by atoms with E-state index in [0.717, 1.165) is 0 Å². The Morgan fingerprint density at radius 2 is 2.19 bits per heavy atom. The third-order valence-electron chi connectivity index (χ3n) is 2.38. The molecule has 6 heteroatoms. The van der Waals surface area contributed by atoms with Crippen LogP contribution in [0.2, 0.25) is 0 Å². The summed E-state index contributed by atoms with van der Waals surface area (Å²) in [5.41, 5.74) is -1.38. The van der Waals surface area contributed by atoms with Crippen molar-refractivity contribution < 1.29 is 25.0 Å². The standard InChI is InChI=1S/C10H17NO5/c1-3-16-11(4-5-12)7-6-10(2,15)9(14)8(7)13/h12-13,15H,3-6H2,1-2H3. The average molecular weight is 231 g/mol. The quantitative estimate of drug-likeness (QED) is 0.564. The van der Waals surface area contributed by atoms with Gasteiger partial charge in [0.2, 0.25) is 5.78 Å². The monoisotopic (exact) mass is 231 g/mol. The van der Waals surface area contributed by atoms with Gasteiger partial charge in [-0.05, 0) is 13.8 Å². The summed E-state index contributed by atoms with van der Waals surface area (Å²) in [5.74, 6) is -1.21. The van der Waals surface area contributed by atoms with E-state index in [1.807, 2.05) is 0 Å². The molecule has 1 rings (SSSR count). The van der Waals surface area contributed by atoms with Crippen LogP contribution in [0.1, 0.15) is 20.3 Å². The largest absolute Gasteiger partial charge is 0.503 e. The molecular formula is C10H17NO5. The van der Waals surface area contributed by atoms with Crippen LogP contribution in [0.5, 0.6) is 0 Å². The molecule has 1 aliphatic carbocycles. The summed E-state index contributed by atoms with van der Waals surface area (Å²) in [5, 5.41) is 29.4. The lowest BCUT2D eigenvalue weighted by Crippen LogP contribution is -2.32. The third kappa shape index (κ3) is 2.34. The van der Waals surface area contributed by atoms with E-state index in [9.17, 15) is 15.0 Å². The lowest BCUT2D eigenvalue weighted by atomic mass is 10.0. The second kappa shape index (κ2) is 4.82. The summed E-state index contributed by atoms with van der Waals surface area (Å²) < 4.78 is 0. The maximum Gasteiger partial charge on any atom is 0.230 e. The van der Waals surface area contributed by atoms with E-state index in [0.29, 0.717) is 6.61 Å². The van der Waals surface area contributed by atoms with Gasteiger partial charge in [-0.2, -0.15) is 0 Å². The highest BCUT2D eigenvalue weighted by Crippen LogP contribution is 2.32. The van der Waals surface area contributed by atoms with Crippen LogP contribution in [0.4, 0.5) is 0 Å². The Morgan fingerprint density at radius 1 is 1.56 bits per heavy atom. The molecule has 1 aliphatic rings. The van der Waals surface area contributed by atoms with Crippen molar-refractivity contribution in [3.63, 3.8) is 0 Å². The molecular weight excluding hydrogens is 214 g/mol. The van der Waals surface area contributed by atoms with Crippen LogP contribution in [0.3, 0.4) is 0 Å². The minimum atomic E-state index is -1.59. The van der Waals surface area contributed by atoms with E-state index in [-0.39, 0.29) is 25.3 Å². The van der Waals surface area contributed by atoms with Gasteiger partial charge in [-0.15, -0.1) is 0 Å². The lowest BCUT2D eigenvalue weighted by Gasteiger charge is -2.24. The molecule has 92 valence electrons. The Morgan fingerprint density at radius 3 is 2.56 bits per heavy atom. The summed E-state index contributed by atoms with van der Waals surface area (Å²) in [7, 11) is 0. The summed E-state index contributed by atoms with van der Waals surface area (Å²) >= 11 is 0. The van der Waals surface area contributed by atoms with Gasteiger partial charge in [-0.25, -0.2) is 0 Å². The fourth-order valence-electron chi connectivity index (χ4n) is 1.61. The predicted molar refractivity (Wildman–Crippen MR) is 55.3 cm³/mol. The first-order valence-electron chi connectivity index (χ1n) is 5.14. The Balaban J connectivity index is 2.89. The molecule has 1 atom stereocenters. The van der Waals surface area contributed by atoms with Crippen molar-refractivity contribution >= 4 is 5.78 Å². The Hall–Kier alpha value is -1.11. The van der Waals surface area contributed by atoms with Crippen molar-refractivity contribution in [1.29, 1.82) is 0 Å². The Kier molecular flexibility index (Phi) is 3.90. The molecule has 0 spiro atoms. The van der Waals surface area contributed by atoms with Gasteiger partial charge < -0.3 is 15.3 Å².